The van der Waals surface area contributed by atoms with Crippen LogP contribution in [0.25, 0.3) is 0 Å². The molecular weight excluding hydrogens is 294 g/mol. The summed E-state index contributed by atoms with van der Waals surface area (Å²) < 4.78 is 5.48. The summed E-state index contributed by atoms with van der Waals surface area (Å²) in [6.45, 7) is 1.07. The minimum atomic E-state index is 0.674. The molecule has 0 unspecified atom stereocenters. The van der Waals surface area contributed by atoms with E-state index in [0.29, 0.717) is 6.04 Å². The Labute approximate surface area is 145 Å². The molecule has 2 nitrogen and oxygen atoms in total. The Kier molecular flexibility index (Phi) is 4.73. The molecule has 0 spiro atoms. The number of aryl methyl sites for hydroxylation is 1. The van der Waals surface area contributed by atoms with Crippen molar-refractivity contribution >= 4 is 0 Å². The highest BCUT2D eigenvalue weighted by Crippen LogP contribution is 2.44. The van der Waals surface area contributed by atoms with Gasteiger partial charge in [-0.25, -0.2) is 0 Å². The Morgan fingerprint density at radius 2 is 1.79 bits per heavy atom. The van der Waals surface area contributed by atoms with E-state index in [2.05, 4.69) is 41.3 Å². The predicted molar refractivity (Wildman–Crippen MR) is 97.5 cm³/mol. The van der Waals surface area contributed by atoms with Crippen molar-refractivity contribution in [2.75, 3.05) is 0 Å². The minimum absolute atomic E-state index is 0.674. The van der Waals surface area contributed by atoms with Crippen LogP contribution in [0.5, 0.6) is 0 Å². The second-order valence-electron chi connectivity index (χ2n) is 7.15. The van der Waals surface area contributed by atoms with Gasteiger partial charge >= 0.3 is 0 Å². The second-order valence-corrected chi connectivity index (χ2v) is 7.15. The van der Waals surface area contributed by atoms with Gasteiger partial charge in [0, 0.05) is 18.7 Å². The fourth-order valence-corrected chi connectivity index (χ4v) is 4.15. The van der Waals surface area contributed by atoms with Gasteiger partial charge in [-0.2, -0.15) is 0 Å². The predicted octanol–water partition coefficient (Wildman–Crippen LogP) is 5.70. The molecule has 2 heterocycles. The molecule has 0 amide bonds. The zero-order valence-electron chi connectivity index (χ0n) is 14.4. The van der Waals surface area contributed by atoms with Crippen LogP contribution in [-0.2, 0) is 13.0 Å². The van der Waals surface area contributed by atoms with Crippen LogP contribution in [0, 0.1) is 0 Å². The van der Waals surface area contributed by atoms with Crippen LogP contribution in [0.4, 0.5) is 0 Å². The summed E-state index contributed by atoms with van der Waals surface area (Å²) in [5, 5.41) is 0. The minimum Gasteiger partial charge on any atom is -0.469 e. The summed E-state index contributed by atoms with van der Waals surface area (Å²) in [5.74, 6) is 1.12. The Morgan fingerprint density at radius 3 is 2.54 bits per heavy atom. The van der Waals surface area contributed by atoms with Crippen LogP contribution in [-0.4, -0.2) is 10.9 Å². The molecule has 0 N–H and O–H groups in total. The Balaban J connectivity index is 1.41. The van der Waals surface area contributed by atoms with Gasteiger partial charge in [-0.15, -0.1) is 0 Å². The van der Waals surface area contributed by atoms with E-state index < -0.39 is 0 Å². The first kappa shape index (κ1) is 15.6. The van der Waals surface area contributed by atoms with Crippen LogP contribution in [0.2, 0.25) is 0 Å². The van der Waals surface area contributed by atoms with Gasteiger partial charge in [0.1, 0.15) is 5.76 Å². The normalized spacial score (nSPS) is 20.5. The molecule has 126 valence electrons. The molecule has 1 aliphatic heterocycles. The average molecular weight is 321 g/mol. The number of furan rings is 1. The van der Waals surface area contributed by atoms with Crippen molar-refractivity contribution in [1.29, 1.82) is 0 Å². The number of nitrogens with zero attached hydrogens (tertiary/aromatic N) is 1. The molecule has 1 aromatic heterocycles. The monoisotopic (exact) mass is 321 g/mol. The fourth-order valence-electron chi connectivity index (χ4n) is 4.15. The maximum atomic E-state index is 5.48. The van der Waals surface area contributed by atoms with Crippen molar-refractivity contribution in [1.82, 2.24) is 4.90 Å². The first-order valence-electron chi connectivity index (χ1n) is 9.47. The molecular formula is C22H27NO. The van der Waals surface area contributed by atoms with Crippen molar-refractivity contribution in [3.05, 3.63) is 71.3 Å². The first-order valence-corrected chi connectivity index (χ1v) is 9.47. The highest BCUT2D eigenvalue weighted by Gasteiger charge is 2.41. The van der Waals surface area contributed by atoms with Gasteiger partial charge in [0.05, 0.1) is 12.3 Å². The first-order chi connectivity index (χ1) is 11.9. The molecule has 2 heteroatoms. The van der Waals surface area contributed by atoms with Crippen LogP contribution in [0.15, 0.2) is 64.4 Å². The van der Waals surface area contributed by atoms with Gasteiger partial charge in [0.15, 0.2) is 0 Å². The summed E-state index contributed by atoms with van der Waals surface area (Å²) in [5.41, 5.74) is 4.86. The van der Waals surface area contributed by atoms with E-state index in [1.165, 1.54) is 50.5 Å². The number of hydrogen-bond donors (Lipinski definition) is 0. The third kappa shape index (κ3) is 3.58. The maximum Gasteiger partial charge on any atom is 0.103 e. The van der Waals surface area contributed by atoms with Gasteiger partial charge in [0.2, 0.25) is 0 Å². The van der Waals surface area contributed by atoms with Crippen LogP contribution >= 0.6 is 0 Å². The number of allylic oxidation sites excluding steroid dienone is 1. The van der Waals surface area contributed by atoms with Crippen LogP contribution in [0.3, 0.4) is 0 Å². The highest BCUT2D eigenvalue weighted by molar-refractivity contribution is 5.35. The number of rotatable bonds is 6. The Bertz CT molecular complexity index is 663. The third-order valence-electron chi connectivity index (χ3n) is 5.43. The summed E-state index contributed by atoms with van der Waals surface area (Å²) >= 11 is 0. The SMILES string of the molecule is c1ccc(CN2C(=C3CCCCC3)[C@H]2CCCc2ccco2)cc1. The molecule has 1 saturated heterocycles. The molecule has 1 aliphatic carbocycles. The standard InChI is InChI=1S/C22H27NO/c1-3-9-18(10-4-1)17-23-21(15-7-13-20-14-8-16-24-20)22(23)19-11-5-2-6-12-19/h1,3-4,8-10,14,16,21H,2,5-7,11-13,15,17H2/t21-,23?/m1/s1. The quantitative estimate of drug-likeness (QED) is 0.634. The van der Waals surface area contributed by atoms with Gasteiger partial charge < -0.3 is 9.32 Å². The summed E-state index contributed by atoms with van der Waals surface area (Å²) in [6, 6.07) is 15.7. The molecule has 1 atom stereocenters. The van der Waals surface area contributed by atoms with E-state index in [1.54, 1.807) is 17.5 Å². The molecule has 0 radical (unpaired) electrons. The van der Waals surface area contributed by atoms with E-state index in [-0.39, 0.29) is 0 Å². The van der Waals surface area contributed by atoms with Crippen LogP contribution < -0.4 is 0 Å². The van der Waals surface area contributed by atoms with E-state index >= 15 is 0 Å². The molecule has 2 aliphatic rings. The van der Waals surface area contributed by atoms with E-state index in [9.17, 15) is 0 Å². The zero-order valence-corrected chi connectivity index (χ0v) is 14.4. The van der Waals surface area contributed by atoms with Crippen molar-refractivity contribution in [2.45, 2.75) is 64.0 Å². The smallest absolute Gasteiger partial charge is 0.103 e. The van der Waals surface area contributed by atoms with E-state index in [1.807, 2.05) is 6.07 Å². The van der Waals surface area contributed by atoms with E-state index in [4.69, 9.17) is 4.42 Å². The van der Waals surface area contributed by atoms with Gasteiger partial charge in [-0.1, -0.05) is 36.8 Å². The fraction of sp³-hybridized carbons (Fsp3) is 0.455. The molecule has 2 aromatic rings. The van der Waals surface area contributed by atoms with Gasteiger partial charge in [0.25, 0.3) is 0 Å². The maximum absolute atomic E-state index is 5.48. The Hall–Kier alpha value is -1.96. The molecule has 0 bridgehead atoms. The van der Waals surface area contributed by atoms with E-state index in [0.717, 1.165) is 18.7 Å². The Morgan fingerprint density at radius 1 is 0.958 bits per heavy atom. The third-order valence-corrected chi connectivity index (χ3v) is 5.43. The van der Waals surface area contributed by atoms with Crippen molar-refractivity contribution in [3.63, 3.8) is 0 Å². The second kappa shape index (κ2) is 7.29. The molecule has 1 saturated carbocycles. The molecule has 2 fully saturated rings. The van der Waals surface area contributed by atoms with Gasteiger partial charge in [-0.05, 0) is 61.8 Å². The lowest BCUT2D eigenvalue weighted by atomic mass is 9.93. The lowest BCUT2D eigenvalue weighted by Gasteiger charge is -2.13. The highest BCUT2D eigenvalue weighted by atomic mass is 16.3. The molecule has 24 heavy (non-hydrogen) atoms. The summed E-state index contributed by atoms with van der Waals surface area (Å²) in [4.78, 5) is 2.65. The van der Waals surface area contributed by atoms with Gasteiger partial charge in [-0.3, -0.25) is 0 Å². The largest absolute Gasteiger partial charge is 0.469 e. The van der Waals surface area contributed by atoms with Crippen molar-refractivity contribution in [3.8, 4) is 0 Å². The lowest BCUT2D eigenvalue weighted by molar-refractivity contribution is 0.465. The topological polar surface area (TPSA) is 16.1 Å². The number of hydrogen-bond acceptors (Lipinski definition) is 2. The average Bonchev–Trinajstić information content (AvgIpc) is 3.05. The molecule has 1 aromatic carbocycles. The number of benzene rings is 1. The zero-order chi connectivity index (χ0) is 16.2. The molecule has 4 rings (SSSR count). The summed E-state index contributed by atoms with van der Waals surface area (Å²) in [7, 11) is 0. The lowest BCUT2D eigenvalue weighted by Crippen LogP contribution is -2.02. The van der Waals surface area contributed by atoms with Crippen molar-refractivity contribution < 1.29 is 4.42 Å². The van der Waals surface area contributed by atoms with Crippen molar-refractivity contribution in [2.24, 2.45) is 0 Å². The summed E-state index contributed by atoms with van der Waals surface area (Å²) in [6.07, 6.45) is 12.2. The van der Waals surface area contributed by atoms with Crippen LogP contribution in [0.1, 0.15) is 56.3 Å².